The second kappa shape index (κ2) is 7.40. The molecule has 0 aromatic rings. The van der Waals surface area contributed by atoms with Crippen LogP contribution >= 0.6 is 0 Å². The van der Waals surface area contributed by atoms with Gasteiger partial charge in [-0.15, -0.1) is 0 Å². The molecule has 0 saturated heterocycles. The number of unbranched alkanes of at least 4 members (excludes halogenated alkanes) is 1. The topological polar surface area (TPSA) is 138 Å². The van der Waals surface area contributed by atoms with Crippen molar-refractivity contribution in [2.24, 2.45) is 17.1 Å². The molecule has 22 heavy (non-hydrogen) atoms. The summed E-state index contributed by atoms with van der Waals surface area (Å²) in [4.78, 5) is 31.9. The van der Waals surface area contributed by atoms with E-state index >= 15 is 0 Å². The number of aliphatic hydroxyl groups is 1. The molecule has 5 N–H and O–H groups in total. The van der Waals surface area contributed by atoms with Crippen LogP contribution in [0.25, 0.3) is 0 Å². The SMILES string of the molecule is CCCCC(O)C(N)=O.O=C(O)C1=CC2CCC1(C(=O)O)C2. The number of fused-ring (bicyclic) bond motifs is 2. The maximum atomic E-state index is 11.0. The minimum absolute atomic E-state index is 0.0938. The molecule has 0 aromatic carbocycles. The van der Waals surface area contributed by atoms with Gasteiger partial charge in [0.2, 0.25) is 5.91 Å². The van der Waals surface area contributed by atoms with Crippen LogP contribution in [0.4, 0.5) is 0 Å². The number of carbonyl (C=O) groups excluding carboxylic acids is 1. The van der Waals surface area contributed by atoms with Crippen LogP contribution in [0.15, 0.2) is 11.6 Å². The van der Waals surface area contributed by atoms with Crippen molar-refractivity contribution in [1.82, 2.24) is 0 Å². The third-order valence-electron chi connectivity index (χ3n) is 4.27. The van der Waals surface area contributed by atoms with Gasteiger partial charge in [0, 0.05) is 0 Å². The fraction of sp³-hybridized carbons (Fsp3) is 0.667. The summed E-state index contributed by atoms with van der Waals surface area (Å²) in [5.74, 6) is -2.52. The van der Waals surface area contributed by atoms with Crippen LogP contribution in [0.1, 0.15) is 45.4 Å². The van der Waals surface area contributed by atoms with Crippen molar-refractivity contribution in [3.05, 3.63) is 11.6 Å². The van der Waals surface area contributed by atoms with Crippen LogP contribution in [0.3, 0.4) is 0 Å². The number of allylic oxidation sites excluding steroid dienone is 1. The first-order chi connectivity index (χ1) is 10.2. The van der Waals surface area contributed by atoms with E-state index in [2.05, 4.69) is 0 Å². The quantitative estimate of drug-likeness (QED) is 0.575. The van der Waals surface area contributed by atoms with Gasteiger partial charge in [-0.2, -0.15) is 0 Å². The van der Waals surface area contributed by atoms with E-state index in [1.165, 1.54) is 0 Å². The summed E-state index contributed by atoms with van der Waals surface area (Å²) in [5, 5.41) is 26.6. The van der Waals surface area contributed by atoms with Crippen LogP contribution in [0.2, 0.25) is 0 Å². The number of hydrogen-bond acceptors (Lipinski definition) is 4. The molecule has 3 unspecified atom stereocenters. The highest BCUT2D eigenvalue weighted by molar-refractivity contribution is 5.98. The number of hydrogen-bond donors (Lipinski definition) is 4. The Kier molecular flexibility index (Phi) is 6.11. The lowest BCUT2D eigenvalue weighted by Gasteiger charge is -2.21. The Balaban J connectivity index is 0.000000239. The van der Waals surface area contributed by atoms with Crippen molar-refractivity contribution >= 4 is 17.8 Å². The number of aliphatic carboxylic acids is 2. The Labute approximate surface area is 128 Å². The highest BCUT2D eigenvalue weighted by Gasteiger charge is 2.54. The van der Waals surface area contributed by atoms with Crippen LogP contribution in [-0.4, -0.2) is 39.3 Å². The standard InChI is InChI=1S/C9H10O4.C6H13NO2/c10-7(11)6-3-5-1-2-9(6,4-5)8(12)13;1-2-3-4-5(8)6(7)9/h3,5H,1-2,4H2,(H,10,11)(H,12,13);5,8H,2-4H2,1H3,(H2,7,9). The average molecular weight is 313 g/mol. The van der Waals surface area contributed by atoms with Crippen molar-refractivity contribution in [3.8, 4) is 0 Å². The van der Waals surface area contributed by atoms with E-state index in [4.69, 9.17) is 21.1 Å². The van der Waals surface area contributed by atoms with E-state index in [0.717, 1.165) is 19.3 Å². The van der Waals surface area contributed by atoms with Crippen molar-refractivity contribution in [3.63, 3.8) is 0 Å². The number of amides is 1. The van der Waals surface area contributed by atoms with Crippen molar-refractivity contribution in [1.29, 1.82) is 0 Å². The second-order valence-corrected chi connectivity index (χ2v) is 5.84. The summed E-state index contributed by atoms with van der Waals surface area (Å²) in [7, 11) is 0. The van der Waals surface area contributed by atoms with E-state index in [1.54, 1.807) is 6.08 Å². The van der Waals surface area contributed by atoms with Gasteiger partial charge in [-0.05, 0) is 31.6 Å². The number of aliphatic hydroxyl groups excluding tert-OH is 1. The normalized spacial score (nSPS) is 26.6. The summed E-state index contributed by atoms with van der Waals surface area (Å²) < 4.78 is 0. The average Bonchev–Trinajstić information content (AvgIpc) is 3.04. The smallest absolute Gasteiger partial charge is 0.332 e. The Morgan fingerprint density at radius 1 is 1.41 bits per heavy atom. The molecule has 3 atom stereocenters. The van der Waals surface area contributed by atoms with Crippen LogP contribution in [0, 0.1) is 11.3 Å². The summed E-state index contributed by atoms with van der Waals surface area (Å²) in [5.41, 5.74) is 3.81. The lowest BCUT2D eigenvalue weighted by molar-refractivity contribution is -0.149. The van der Waals surface area contributed by atoms with Gasteiger partial charge in [0.15, 0.2) is 0 Å². The molecule has 2 aliphatic rings. The van der Waals surface area contributed by atoms with Gasteiger partial charge in [-0.1, -0.05) is 25.8 Å². The minimum Gasteiger partial charge on any atom is -0.481 e. The molecule has 0 radical (unpaired) electrons. The fourth-order valence-electron chi connectivity index (χ4n) is 2.99. The molecule has 0 aliphatic heterocycles. The third kappa shape index (κ3) is 3.85. The maximum Gasteiger partial charge on any atom is 0.332 e. The van der Waals surface area contributed by atoms with E-state index in [0.29, 0.717) is 19.3 Å². The molecule has 7 heteroatoms. The van der Waals surface area contributed by atoms with Crippen LogP contribution in [0.5, 0.6) is 0 Å². The molecule has 124 valence electrons. The van der Waals surface area contributed by atoms with Crippen LogP contribution in [-0.2, 0) is 14.4 Å². The van der Waals surface area contributed by atoms with Gasteiger partial charge in [-0.3, -0.25) is 9.59 Å². The molecule has 2 aliphatic carbocycles. The summed E-state index contributed by atoms with van der Waals surface area (Å²) in [6.07, 6.45) is 4.75. The van der Waals surface area contributed by atoms with Gasteiger partial charge in [0.25, 0.3) is 0 Å². The zero-order valence-corrected chi connectivity index (χ0v) is 12.6. The number of carbonyl (C=O) groups is 3. The highest BCUT2D eigenvalue weighted by Crippen LogP contribution is 2.53. The van der Waals surface area contributed by atoms with Crippen molar-refractivity contribution < 1.29 is 29.7 Å². The molecule has 2 bridgehead atoms. The van der Waals surface area contributed by atoms with E-state index < -0.39 is 29.4 Å². The van der Waals surface area contributed by atoms with E-state index in [1.807, 2.05) is 6.92 Å². The first-order valence-electron chi connectivity index (χ1n) is 7.41. The van der Waals surface area contributed by atoms with Gasteiger partial charge >= 0.3 is 11.9 Å². The molecular formula is C15H23NO6. The van der Waals surface area contributed by atoms with Gasteiger partial charge < -0.3 is 21.1 Å². The highest BCUT2D eigenvalue weighted by atomic mass is 16.4. The summed E-state index contributed by atoms with van der Waals surface area (Å²) >= 11 is 0. The Morgan fingerprint density at radius 3 is 2.41 bits per heavy atom. The molecule has 1 fully saturated rings. The van der Waals surface area contributed by atoms with E-state index in [-0.39, 0.29) is 11.5 Å². The fourth-order valence-corrected chi connectivity index (χ4v) is 2.99. The molecule has 0 spiro atoms. The monoisotopic (exact) mass is 313 g/mol. The molecular weight excluding hydrogens is 290 g/mol. The molecule has 0 aromatic heterocycles. The molecule has 1 saturated carbocycles. The van der Waals surface area contributed by atoms with Crippen molar-refractivity contribution in [2.45, 2.75) is 51.6 Å². The third-order valence-corrected chi connectivity index (χ3v) is 4.27. The van der Waals surface area contributed by atoms with Gasteiger partial charge in [0.05, 0.1) is 5.57 Å². The molecule has 1 amide bonds. The number of rotatable bonds is 6. The predicted molar refractivity (Wildman–Crippen MR) is 77.9 cm³/mol. The number of carboxylic acids is 2. The second-order valence-electron chi connectivity index (χ2n) is 5.84. The molecule has 2 rings (SSSR count). The predicted octanol–water partition coefficient (Wildman–Crippen LogP) is 0.905. The van der Waals surface area contributed by atoms with Gasteiger partial charge in [0.1, 0.15) is 11.5 Å². The zero-order chi connectivity index (χ0) is 16.9. The number of nitrogens with two attached hydrogens (primary N) is 1. The molecule has 0 heterocycles. The minimum atomic E-state index is -1.08. The summed E-state index contributed by atoms with van der Waals surface area (Å²) in [6.45, 7) is 1.99. The van der Waals surface area contributed by atoms with Crippen LogP contribution < -0.4 is 5.73 Å². The molecule has 7 nitrogen and oxygen atoms in total. The zero-order valence-electron chi connectivity index (χ0n) is 12.6. The van der Waals surface area contributed by atoms with Gasteiger partial charge in [-0.25, -0.2) is 4.79 Å². The first kappa shape index (κ1) is 18.2. The maximum absolute atomic E-state index is 11.0. The summed E-state index contributed by atoms with van der Waals surface area (Å²) in [6, 6.07) is 0. The Bertz CT molecular complexity index is 486. The number of carboxylic acid groups (broad SMARTS) is 2. The van der Waals surface area contributed by atoms with Crippen molar-refractivity contribution in [2.75, 3.05) is 0 Å². The Morgan fingerprint density at radius 2 is 2.05 bits per heavy atom. The lowest BCUT2D eigenvalue weighted by Crippen LogP contribution is -2.32. The largest absolute Gasteiger partial charge is 0.481 e. The van der Waals surface area contributed by atoms with E-state index in [9.17, 15) is 14.4 Å². The first-order valence-corrected chi connectivity index (χ1v) is 7.41. The Hall–Kier alpha value is -1.89. The number of primary amides is 1. The lowest BCUT2D eigenvalue weighted by atomic mass is 9.80.